The minimum atomic E-state index is -0.309. The van der Waals surface area contributed by atoms with Gasteiger partial charge in [0.15, 0.2) is 18.0 Å². The zero-order valence-electron chi connectivity index (χ0n) is 16.1. The molecule has 1 aromatic carbocycles. The number of amides is 1. The summed E-state index contributed by atoms with van der Waals surface area (Å²) in [6.07, 6.45) is 5.04. The van der Waals surface area contributed by atoms with Crippen LogP contribution in [-0.2, 0) is 0 Å². The lowest BCUT2D eigenvalue weighted by Gasteiger charge is -2.12. The number of nitrogens with zero attached hydrogens (tertiary/aromatic N) is 3. The number of para-hydroxylation sites is 1. The molecule has 29 heavy (non-hydrogen) atoms. The lowest BCUT2D eigenvalue weighted by Crippen LogP contribution is -2.34. The van der Waals surface area contributed by atoms with Crippen molar-refractivity contribution in [2.24, 2.45) is 5.92 Å². The third-order valence-electron chi connectivity index (χ3n) is 5.19. The van der Waals surface area contributed by atoms with Crippen LogP contribution in [-0.4, -0.2) is 38.6 Å². The monoisotopic (exact) mass is 412 g/mol. The molecule has 1 aliphatic carbocycles. The minimum absolute atomic E-state index is 0.0387. The third-order valence-corrected chi connectivity index (χ3v) is 5.62. The molecule has 7 nitrogen and oxygen atoms in total. The van der Waals surface area contributed by atoms with Gasteiger partial charge in [-0.05, 0) is 31.7 Å². The molecule has 0 unspecified atom stereocenters. The summed E-state index contributed by atoms with van der Waals surface area (Å²) in [4.78, 5) is 21.6. The van der Waals surface area contributed by atoms with E-state index in [1.807, 2.05) is 31.2 Å². The number of halogens is 1. The number of hydrogen-bond acceptors (Lipinski definition) is 6. The largest absolute Gasteiger partial charge is 0.388 e. The number of carbonyl (C=O) groups excluding carboxylic acids is 1. The van der Waals surface area contributed by atoms with E-state index in [0.717, 1.165) is 18.5 Å². The van der Waals surface area contributed by atoms with Crippen LogP contribution in [0.25, 0.3) is 11.2 Å². The average molecular weight is 412 g/mol. The van der Waals surface area contributed by atoms with Gasteiger partial charge in [0.2, 0.25) is 0 Å². The Kier molecular flexibility index (Phi) is 5.23. The molecule has 9 heteroatoms. The highest BCUT2D eigenvalue weighted by molar-refractivity contribution is 7.92. The summed E-state index contributed by atoms with van der Waals surface area (Å²) in [5.41, 5.74) is 2.71. The molecular weight excluding hydrogens is 391 g/mol. The first kappa shape index (κ1) is 19.4. The first-order valence-corrected chi connectivity index (χ1v) is 10.0. The Bertz CT molecular complexity index is 1090. The Labute approximate surface area is 172 Å². The van der Waals surface area contributed by atoms with E-state index in [1.165, 1.54) is 16.4 Å². The fourth-order valence-corrected chi connectivity index (χ4v) is 3.70. The summed E-state index contributed by atoms with van der Waals surface area (Å²) < 4.78 is 14.6. The highest BCUT2D eigenvalue weighted by Gasteiger charge is 2.30. The first-order chi connectivity index (χ1) is 14.0. The molecule has 1 amide bonds. The van der Waals surface area contributed by atoms with Gasteiger partial charge in [-0.3, -0.25) is 10.2 Å². The summed E-state index contributed by atoms with van der Waals surface area (Å²) in [7, 11) is 1.78. The van der Waals surface area contributed by atoms with Crippen LogP contribution in [0.4, 0.5) is 9.57 Å². The number of carbonyl (C=O) groups is 1. The van der Waals surface area contributed by atoms with Crippen molar-refractivity contribution in [1.82, 2.24) is 19.3 Å². The first-order valence-electron chi connectivity index (χ1n) is 9.37. The molecule has 0 spiro atoms. The minimum Gasteiger partial charge on any atom is -0.388 e. The smallest absolute Gasteiger partial charge is 0.255 e. The molecule has 2 heterocycles. The zero-order valence-corrected chi connectivity index (χ0v) is 16.9. The molecule has 1 saturated carbocycles. The van der Waals surface area contributed by atoms with Gasteiger partial charge < -0.3 is 10.6 Å². The number of nitrogens with one attached hydrogen (secondary N) is 3. The van der Waals surface area contributed by atoms with Crippen LogP contribution in [0.2, 0.25) is 0 Å². The van der Waals surface area contributed by atoms with E-state index in [2.05, 4.69) is 20.6 Å². The topological polar surface area (TPSA) is 95.7 Å². The maximum Gasteiger partial charge on any atom is 0.255 e. The Balaban J connectivity index is 1.74. The standard InChI is InChI=1S/C20H21FN6OS/c1-11(12-7-8-12)25-20(28)14-10-27(29-21)19-18(14)26-16(9-24-19)17(22)13-5-3-4-6-15(13)23-2/h3-6,9-12,22-23H,7-8H2,1-2H3,(H,25,28)/t11-/m0/s1. The normalized spacial score (nSPS) is 14.6. The van der Waals surface area contributed by atoms with E-state index < -0.39 is 0 Å². The maximum atomic E-state index is 13.4. The van der Waals surface area contributed by atoms with Crippen LogP contribution in [0.5, 0.6) is 0 Å². The van der Waals surface area contributed by atoms with Crippen molar-refractivity contribution in [2.75, 3.05) is 12.4 Å². The lowest BCUT2D eigenvalue weighted by atomic mass is 10.1. The summed E-state index contributed by atoms with van der Waals surface area (Å²) in [5, 5.41) is 14.6. The highest BCUT2D eigenvalue weighted by atomic mass is 32.2. The van der Waals surface area contributed by atoms with Crippen LogP contribution in [0.3, 0.4) is 0 Å². The van der Waals surface area contributed by atoms with Crippen LogP contribution in [0, 0.1) is 11.3 Å². The van der Waals surface area contributed by atoms with Crippen molar-refractivity contribution in [2.45, 2.75) is 25.8 Å². The van der Waals surface area contributed by atoms with E-state index >= 15 is 0 Å². The van der Waals surface area contributed by atoms with Gasteiger partial charge in [0.05, 0.1) is 17.5 Å². The number of benzene rings is 1. The number of anilines is 1. The van der Waals surface area contributed by atoms with E-state index in [9.17, 15) is 8.68 Å². The Morgan fingerprint density at radius 2 is 2.10 bits per heavy atom. The lowest BCUT2D eigenvalue weighted by molar-refractivity contribution is 0.0937. The van der Waals surface area contributed by atoms with Crippen LogP contribution in [0.15, 0.2) is 36.7 Å². The van der Waals surface area contributed by atoms with Crippen LogP contribution >= 0.6 is 12.3 Å². The fourth-order valence-electron chi connectivity index (χ4n) is 3.36. The maximum absolute atomic E-state index is 13.4. The van der Waals surface area contributed by atoms with Gasteiger partial charge in [0.1, 0.15) is 11.2 Å². The van der Waals surface area contributed by atoms with Gasteiger partial charge in [0, 0.05) is 30.5 Å². The summed E-state index contributed by atoms with van der Waals surface area (Å²) >= 11 is -0.0387. The van der Waals surface area contributed by atoms with E-state index in [4.69, 9.17) is 5.41 Å². The second-order valence-electron chi connectivity index (χ2n) is 7.14. The Morgan fingerprint density at radius 3 is 2.79 bits per heavy atom. The van der Waals surface area contributed by atoms with Crippen molar-refractivity contribution in [3.63, 3.8) is 0 Å². The molecular formula is C20H21FN6OS. The van der Waals surface area contributed by atoms with Crippen molar-refractivity contribution in [3.05, 3.63) is 53.5 Å². The van der Waals surface area contributed by atoms with E-state index in [0.29, 0.717) is 17.2 Å². The number of hydrogen-bond donors (Lipinski definition) is 3. The molecule has 1 fully saturated rings. The summed E-state index contributed by atoms with van der Waals surface area (Å²) in [6, 6.07) is 7.44. The SMILES string of the molecule is CNc1ccccc1C(=N)c1cnc2c(n1)c(C(=O)N[C@@H](C)C1CC1)cn2SF. The average Bonchev–Trinajstić information content (AvgIpc) is 3.53. The van der Waals surface area contributed by atoms with Gasteiger partial charge in [-0.15, -0.1) is 3.89 Å². The number of aromatic nitrogens is 3. The Hall–Kier alpha value is -2.94. The molecule has 0 aliphatic heterocycles. The molecule has 0 saturated heterocycles. The molecule has 4 rings (SSSR count). The van der Waals surface area contributed by atoms with Crippen molar-refractivity contribution >= 4 is 40.8 Å². The second kappa shape index (κ2) is 7.82. The van der Waals surface area contributed by atoms with Crippen molar-refractivity contribution in [3.8, 4) is 0 Å². The van der Waals surface area contributed by atoms with Gasteiger partial charge in [0.25, 0.3) is 5.91 Å². The summed E-state index contributed by atoms with van der Waals surface area (Å²) in [6.45, 7) is 1.97. The molecule has 1 atom stereocenters. The molecule has 3 N–H and O–H groups in total. The van der Waals surface area contributed by atoms with Crippen LogP contribution in [0.1, 0.15) is 41.4 Å². The Morgan fingerprint density at radius 1 is 1.34 bits per heavy atom. The van der Waals surface area contributed by atoms with E-state index in [1.54, 1.807) is 7.05 Å². The quantitative estimate of drug-likeness (QED) is 0.513. The second-order valence-corrected chi connectivity index (χ2v) is 7.67. The third kappa shape index (κ3) is 3.69. The molecule has 0 radical (unpaired) electrons. The number of rotatable bonds is 7. The summed E-state index contributed by atoms with van der Waals surface area (Å²) in [5.74, 6) is 0.187. The van der Waals surface area contributed by atoms with E-state index in [-0.39, 0.29) is 46.7 Å². The van der Waals surface area contributed by atoms with Gasteiger partial charge in [-0.25, -0.2) is 13.9 Å². The van der Waals surface area contributed by atoms with Gasteiger partial charge in [-0.1, -0.05) is 18.2 Å². The van der Waals surface area contributed by atoms with Gasteiger partial charge >= 0.3 is 0 Å². The predicted molar refractivity (Wildman–Crippen MR) is 113 cm³/mol. The molecule has 150 valence electrons. The highest BCUT2D eigenvalue weighted by Crippen LogP contribution is 2.33. The number of fused-ring (bicyclic) bond motifs is 1. The molecule has 0 bridgehead atoms. The molecule has 2 aromatic heterocycles. The van der Waals surface area contributed by atoms with Crippen LogP contribution < -0.4 is 10.6 Å². The fraction of sp³-hybridized carbons (Fsp3) is 0.300. The van der Waals surface area contributed by atoms with Gasteiger partial charge in [-0.2, -0.15) is 0 Å². The van der Waals surface area contributed by atoms with Crippen molar-refractivity contribution < 1.29 is 8.68 Å². The molecule has 3 aromatic rings. The molecule has 1 aliphatic rings. The zero-order chi connectivity index (χ0) is 20.5. The predicted octanol–water partition coefficient (Wildman–Crippen LogP) is 3.80. The van der Waals surface area contributed by atoms with Crippen molar-refractivity contribution in [1.29, 1.82) is 5.41 Å².